The number of methoxy groups -OCH3 is 1. The fourth-order valence-electron chi connectivity index (χ4n) is 3.58. The van der Waals surface area contributed by atoms with Crippen LogP contribution in [0.1, 0.15) is 36.4 Å². The number of carbonyl (C=O) groups is 1. The molecule has 1 aliphatic heterocycles. The lowest BCUT2D eigenvalue weighted by Crippen LogP contribution is -2.40. The molecule has 0 radical (unpaired) electrons. The summed E-state index contributed by atoms with van der Waals surface area (Å²) in [6, 6.07) is 11.4. The van der Waals surface area contributed by atoms with Gasteiger partial charge in [0, 0.05) is 26.0 Å². The molecule has 1 N–H and O–H groups in total. The van der Waals surface area contributed by atoms with Crippen molar-refractivity contribution in [3.8, 4) is 5.75 Å². The van der Waals surface area contributed by atoms with E-state index < -0.39 is 0 Å². The van der Waals surface area contributed by atoms with E-state index in [4.69, 9.17) is 4.74 Å². The van der Waals surface area contributed by atoms with Crippen LogP contribution in [-0.4, -0.2) is 61.2 Å². The molecule has 1 aromatic carbocycles. The minimum Gasteiger partial charge on any atom is -0.497 e. The van der Waals surface area contributed by atoms with Gasteiger partial charge < -0.3 is 19.9 Å². The smallest absolute Gasteiger partial charge is 0.317 e. The molecule has 3 rings (SSSR count). The van der Waals surface area contributed by atoms with Gasteiger partial charge in [-0.1, -0.05) is 12.1 Å². The normalized spacial score (nSPS) is 15.2. The van der Waals surface area contributed by atoms with Crippen molar-refractivity contribution in [1.82, 2.24) is 20.1 Å². The summed E-state index contributed by atoms with van der Waals surface area (Å²) in [7, 11) is 3.51. The molecule has 150 valence electrons. The number of aromatic nitrogens is 1. The Balaban J connectivity index is 1.63. The summed E-state index contributed by atoms with van der Waals surface area (Å²) in [5, 5.41) is 3.17. The summed E-state index contributed by atoms with van der Waals surface area (Å²) < 4.78 is 5.25. The summed E-state index contributed by atoms with van der Waals surface area (Å²) in [6.45, 7) is 4.19. The second kappa shape index (κ2) is 10.1. The zero-order valence-corrected chi connectivity index (χ0v) is 16.8. The number of hydrogen-bond donors (Lipinski definition) is 1. The Morgan fingerprint density at radius 1 is 1.14 bits per heavy atom. The van der Waals surface area contributed by atoms with Crippen molar-refractivity contribution in [3.63, 3.8) is 0 Å². The Kier molecular flexibility index (Phi) is 7.25. The minimum absolute atomic E-state index is 0.0703. The van der Waals surface area contributed by atoms with Crippen LogP contribution in [0.25, 0.3) is 0 Å². The van der Waals surface area contributed by atoms with E-state index in [1.807, 2.05) is 43.4 Å². The quantitative estimate of drug-likeness (QED) is 0.761. The molecule has 0 spiro atoms. The van der Waals surface area contributed by atoms with Crippen LogP contribution in [0.3, 0.4) is 0 Å². The first-order valence-corrected chi connectivity index (χ1v) is 9.95. The highest BCUT2D eigenvalue weighted by Crippen LogP contribution is 2.24. The number of urea groups is 1. The molecule has 2 amide bonds. The topological polar surface area (TPSA) is 57.7 Å². The Labute approximate surface area is 167 Å². The van der Waals surface area contributed by atoms with Gasteiger partial charge in [-0.2, -0.15) is 0 Å². The molecule has 1 aromatic heterocycles. The first kappa shape index (κ1) is 20.1. The number of nitrogens with zero attached hydrogens (tertiary/aromatic N) is 3. The molecule has 1 aliphatic rings. The van der Waals surface area contributed by atoms with Gasteiger partial charge in [0.1, 0.15) is 5.75 Å². The lowest BCUT2D eigenvalue weighted by molar-refractivity contribution is 0.203. The Morgan fingerprint density at radius 3 is 2.43 bits per heavy atom. The highest BCUT2D eigenvalue weighted by Gasteiger charge is 2.19. The number of hydrogen-bond acceptors (Lipinski definition) is 4. The first-order chi connectivity index (χ1) is 13.7. The number of rotatable bonds is 8. The molecular formula is C22H30N4O2. The minimum atomic E-state index is -0.234. The molecule has 0 bridgehead atoms. The number of likely N-dealkylation sites (tertiary alicyclic amines) is 1. The van der Waals surface area contributed by atoms with Gasteiger partial charge in [-0.3, -0.25) is 4.98 Å². The van der Waals surface area contributed by atoms with E-state index in [2.05, 4.69) is 15.2 Å². The lowest BCUT2D eigenvalue weighted by Gasteiger charge is -2.25. The van der Waals surface area contributed by atoms with Crippen LogP contribution in [0.2, 0.25) is 0 Å². The predicted octanol–water partition coefficient (Wildman–Crippen LogP) is 3.31. The molecule has 0 saturated carbocycles. The third kappa shape index (κ3) is 5.45. The fourth-order valence-corrected chi connectivity index (χ4v) is 3.58. The standard InChI is InChI=1S/C22H30N4O2/c1-25(14-5-17-26-15-3-4-16-26)22(27)24-21(19-10-12-23-13-11-19)18-6-8-20(28-2)9-7-18/h6-13,21H,3-5,14-17H2,1-2H3,(H,24,27)/t21-/m0/s1. The highest BCUT2D eigenvalue weighted by atomic mass is 16.5. The maximum atomic E-state index is 12.8. The van der Waals surface area contributed by atoms with Crippen LogP contribution in [0, 0.1) is 0 Å². The summed E-state index contributed by atoms with van der Waals surface area (Å²) >= 11 is 0. The average molecular weight is 383 g/mol. The van der Waals surface area contributed by atoms with Gasteiger partial charge in [0.15, 0.2) is 0 Å². The second-order valence-corrected chi connectivity index (χ2v) is 7.26. The molecule has 6 heteroatoms. The van der Waals surface area contributed by atoms with Crippen molar-refractivity contribution in [3.05, 3.63) is 59.9 Å². The van der Waals surface area contributed by atoms with Crippen molar-refractivity contribution >= 4 is 6.03 Å². The van der Waals surface area contributed by atoms with E-state index in [-0.39, 0.29) is 12.1 Å². The molecule has 1 saturated heterocycles. The third-order valence-electron chi connectivity index (χ3n) is 5.27. The molecular weight excluding hydrogens is 352 g/mol. The monoisotopic (exact) mass is 382 g/mol. The van der Waals surface area contributed by atoms with Crippen LogP contribution in [0.4, 0.5) is 4.79 Å². The Morgan fingerprint density at radius 2 is 1.79 bits per heavy atom. The van der Waals surface area contributed by atoms with Crippen LogP contribution in [0.15, 0.2) is 48.8 Å². The lowest BCUT2D eigenvalue weighted by atomic mass is 9.99. The second-order valence-electron chi connectivity index (χ2n) is 7.26. The summed E-state index contributed by atoms with van der Waals surface area (Å²) in [5.74, 6) is 0.794. The van der Waals surface area contributed by atoms with Crippen LogP contribution >= 0.6 is 0 Å². The van der Waals surface area contributed by atoms with Crippen molar-refractivity contribution in [2.24, 2.45) is 0 Å². The molecule has 6 nitrogen and oxygen atoms in total. The van der Waals surface area contributed by atoms with Gasteiger partial charge in [0.05, 0.1) is 13.2 Å². The van der Waals surface area contributed by atoms with E-state index in [0.717, 1.165) is 36.4 Å². The maximum Gasteiger partial charge on any atom is 0.317 e. The number of amides is 2. The van der Waals surface area contributed by atoms with Crippen molar-refractivity contribution in [1.29, 1.82) is 0 Å². The molecule has 1 fully saturated rings. The van der Waals surface area contributed by atoms with Gasteiger partial charge in [-0.15, -0.1) is 0 Å². The van der Waals surface area contributed by atoms with E-state index in [9.17, 15) is 4.79 Å². The van der Waals surface area contributed by atoms with E-state index in [0.29, 0.717) is 0 Å². The van der Waals surface area contributed by atoms with Gasteiger partial charge in [0.25, 0.3) is 0 Å². The summed E-state index contributed by atoms with van der Waals surface area (Å²) in [5.41, 5.74) is 2.00. The highest BCUT2D eigenvalue weighted by molar-refractivity contribution is 5.75. The molecule has 2 aromatic rings. The number of pyridine rings is 1. The van der Waals surface area contributed by atoms with E-state index in [1.54, 1.807) is 24.4 Å². The van der Waals surface area contributed by atoms with Gasteiger partial charge in [0.2, 0.25) is 0 Å². The number of benzene rings is 1. The summed E-state index contributed by atoms with van der Waals surface area (Å²) in [4.78, 5) is 21.2. The van der Waals surface area contributed by atoms with Gasteiger partial charge >= 0.3 is 6.03 Å². The molecule has 0 aliphatic carbocycles. The van der Waals surface area contributed by atoms with Crippen LogP contribution in [-0.2, 0) is 0 Å². The summed E-state index contributed by atoms with van der Waals surface area (Å²) in [6.07, 6.45) is 7.08. The first-order valence-electron chi connectivity index (χ1n) is 9.95. The zero-order valence-electron chi connectivity index (χ0n) is 16.8. The SMILES string of the molecule is COc1ccc([C@H](NC(=O)N(C)CCCN2CCCC2)c2ccncc2)cc1. The van der Waals surface area contributed by atoms with Crippen LogP contribution < -0.4 is 10.1 Å². The van der Waals surface area contributed by atoms with E-state index in [1.165, 1.54) is 25.9 Å². The average Bonchev–Trinajstić information content (AvgIpc) is 3.26. The zero-order chi connectivity index (χ0) is 19.8. The predicted molar refractivity (Wildman–Crippen MR) is 111 cm³/mol. The molecule has 0 unspecified atom stereocenters. The van der Waals surface area contributed by atoms with Crippen molar-refractivity contribution in [2.75, 3.05) is 40.3 Å². The van der Waals surface area contributed by atoms with Gasteiger partial charge in [-0.05, 0) is 74.3 Å². The largest absolute Gasteiger partial charge is 0.497 e. The number of nitrogens with one attached hydrogen (secondary N) is 1. The number of ether oxygens (including phenoxy) is 1. The van der Waals surface area contributed by atoms with Gasteiger partial charge in [-0.25, -0.2) is 4.79 Å². The van der Waals surface area contributed by atoms with Crippen LogP contribution in [0.5, 0.6) is 5.75 Å². The molecule has 2 heterocycles. The fraction of sp³-hybridized carbons (Fsp3) is 0.455. The Hall–Kier alpha value is -2.60. The molecule has 28 heavy (non-hydrogen) atoms. The molecule has 1 atom stereocenters. The Bertz CT molecular complexity index is 730. The van der Waals surface area contributed by atoms with E-state index >= 15 is 0 Å². The van der Waals surface area contributed by atoms with Crippen molar-refractivity contribution in [2.45, 2.75) is 25.3 Å². The maximum absolute atomic E-state index is 12.8. The third-order valence-corrected chi connectivity index (χ3v) is 5.27. The van der Waals surface area contributed by atoms with Crippen molar-refractivity contribution < 1.29 is 9.53 Å². The number of carbonyl (C=O) groups excluding carboxylic acids is 1.